The molecule has 0 spiro atoms. The number of aryl methyl sites for hydroxylation is 1. The molecule has 2 heterocycles. The molecule has 0 aliphatic heterocycles. The van der Waals surface area contributed by atoms with Gasteiger partial charge in [-0.05, 0) is 36.8 Å². The number of benzene rings is 2. The van der Waals surface area contributed by atoms with Crippen molar-refractivity contribution in [3.8, 4) is 22.9 Å². The monoisotopic (exact) mass is 469 g/mol. The highest BCUT2D eigenvalue weighted by atomic mass is 19.2. The zero-order chi connectivity index (χ0) is 23.5. The van der Waals surface area contributed by atoms with E-state index in [1.165, 1.54) is 16.6 Å². The number of carbonyl (C=O) groups excluding carboxylic acids is 1. The number of ether oxygens (including phenoxy) is 2. The molecule has 0 aliphatic rings. The van der Waals surface area contributed by atoms with Gasteiger partial charge in [0.25, 0.3) is 0 Å². The van der Waals surface area contributed by atoms with Crippen LogP contribution in [0.15, 0.2) is 48.7 Å². The second-order valence-electron chi connectivity index (χ2n) is 7.24. The molecule has 0 aliphatic carbocycles. The van der Waals surface area contributed by atoms with Crippen molar-refractivity contribution in [3.05, 3.63) is 71.4 Å². The molecule has 0 atom stereocenters. The lowest BCUT2D eigenvalue weighted by Crippen LogP contribution is -2.12. The molecular weight excluding hydrogens is 444 g/mol. The number of primary amides is 1. The molecule has 2 aromatic heterocycles. The first-order valence-corrected chi connectivity index (χ1v) is 10.0. The van der Waals surface area contributed by atoms with Gasteiger partial charge in [0.05, 0.1) is 24.2 Å². The number of anilines is 1. The van der Waals surface area contributed by atoms with Gasteiger partial charge in [-0.3, -0.25) is 4.79 Å². The van der Waals surface area contributed by atoms with Gasteiger partial charge in [-0.25, -0.2) is 13.9 Å². The predicted octanol–water partition coefficient (Wildman–Crippen LogP) is 4.57. The van der Waals surface area contributed by atoms with Crippen molar-refractivity contribution in [3.63, 3.8) is 0 Å². The molecule has 10 heteroatoms. The highest BCUT2D eigenvalue weighted by Gasteiger charge is 2.17. The number of nitrogens with zero attached hydrogens (tertiary/aromatic N) is 3. The molecular formula is C24H25F2N5O3. The number of nitrogens with one attached hydrogen (secondary N) is 1. The summed E-state index contributed by atoms with van der Waals surface area (Å²) in [6, 6.07) is 10.4. The van der Waals surface area contributed by atoms with Gasteiger partial charge in [-0.1, -0.05) is 19.6 Å². The Morgan fingerprint density at radius 1 is 1.21 bits per heavy atom. The van der Waals surface area contributed by atoms with Crippen molar-refractivity contribution in [1.82, 2.24) is 14.6 Å². The standard InChI is InChI=1S/C23H21F2N5O3.CH4/c1-13-10-14(6-7-15(13)22(26)31)18-12-28-23-17(27-8-9-32-2)11-20(29-30(18)23)33-19-5-3-4-16(24)21(19)25;/h3-7,10-12,27H,8-9H2,1-2H3,(H2,26,31);1H4. The molecule has 4 aromatic rings. The van der Waals surface area contributed by atoms with Crippen molar-refractivity contribution >= 4 is 17.2 Å². The number of aromatic nitrogens is 3. The number of methoxy groups -OCH3 is 1. The van der Waals surface area contributed by atoms with E-state index >= 15 is 0 Å². The number of nitrogens with two attached hydrogens (primary N) is 1. The lowest BCUT2D eigenvalue weighted by Gasteiger charge is -2.12. The van der Waals surface area contributed by atoms with E-state index in [2.05, 4.69) is 15.4 Å². The number of imidazole rings is 1. The van der Waals surface area contributed by atoms with E-state index < -0.39 is 17.5 Å². The molecule has 0 saturated carbocycles. The number of rotatable bonds is 8. The van der Waals surface area contributed by atoms with Gasteiger partial charge in [0.15, 0.2) is 17.2 Å². The quantitative estimate of drug-likeness (QED) is 0.367. The lowest BCUT2D eigenvalue weighted by atomic mass is 10.0. The van der Waals surface area contributed by atoms with Gasteiger partial charge in [-0.15, -0.1) is 5.10 Å². The van der Waals surface area contributed by atoms with Crippen LogP contribution in [0.2, 0.25) is 0 Å². The van der Waals surface area contributed by atoms with Crippen LogP contribution < -0.4 is 15.8 Å². The minimum atomic E-state index is -1.11. The van der Waals surface area contributed by atoms with Crippen LogP contribution in [-0.4, -0.2) is 40.8 Å². The molecule has 34 heavy (non-hydrogen) atoms. The molecule has 0 fully saturated rings. The lowest BCUT2D eigenvalue weighted by molar-refractivity contribution is 0.0999. The fraction of sp³-hybridized carbons (Fsp3) is 0.208. The molecule has 178 valence electrons. The second kappa shape index (κ2) is 10.3. The van der Waals surface area contributed by atoms with Gasteiger partial charge >= 0.3 is 0 Å². The zero-order valence-corrected chi connectivity index (χ0v) is 17.9. The highest BCUT2D eigenvalue weighted by Crippen LogP contribution is 2.31. The Hall–Kier alpha value is -4.05. The molecule has 3 N–H and O–H groups in total. The maximum Gasteiger partial charge on any atom is 0.248 e. The van der Waals surface area contributed by atoms with Crippen LogP contribution in [0.25, 0.3) is 16.9 Å². The Labute approximate surface area is 195 Å². The summed E-state index contributed by atoms with van der Waals surface area (Å²) >= 11 is 0. The first kappa shape index (κ1) is 24.6. The van der Waals surface area contributed by atoms with Gasteiger partial charge in [-0.2, -0.15) is 4.39 Å². The molecule has 8 nitrogen and oxygen atoms in total. The summed E-state index contributed by atoms with van der Waals surface area (Å²) < 4.78 is 40.0. The molecule has 0 radical (unpaired) electrons. The minimum absolute atomic E-state index is 0. The summed E-state index contributed by atoms with van der Waals surface area (Å²) in [6.45, 7) is 2.68. The summed E-state index contributed by atoms with van der Waals surface area (Å²) in [7, 11) is 1.58. The fourth-order valence-corrected chi connectivity index (χ4v) is 3.39. The fourth-order valence-electron chi connectivity index (χ4n) is 3.39. The second-order valence-corrected chi connectivity index (χ2v) is 7.24. The third-order valence-corrected chi connectivity index (χ3v) is 4.99. The van der Waals surface area contributed by atoms with Crippen LogP contribution in [0.3, 0.4) is 0 Å². The summed E-state index contributed by atoms with van der Waals surface area (Å²) in [6.07, 6.45) is 1.62. The van der Waals surface area contributed by atoms with Crippen molar-refractivity contribution in [1.29, 1.82) is 0 Å². The van der Waals surface area contributed by atoms with Crippen LogP contribution in [0.4, 0.5) is 14.5 Å². The van der Waals surface area contributed by atoms with Crippen LogP contribution in [0, 0.1) is 18.6 Å². The summed E-state index contributed by atoms with van der Waals surface area (Å²) in [5, 5.41) is 7.62. The third-order valence-electron chi connectivity index (χ3n) is 4.99. The van der Waals surface area contributed by atoms with Gasteiger partial charge in [0.2, 0.25) is 17.6 Å². The van der Waals surface area contributed by atoms with Gasteiger partial charge < -0.3 is 20.5 Å². The van der Waals surface area contributed by atoms with Crippen molar-refractivity contribution in [2.45, 2.75) is 14.4 Å². The van der Waals surface area contributed by atoms with E-state index in [1.54, 1.807) is 44.5 Å². The smallest absolute Gasteiger partial charge is 0.248 e. The molecule has 0 unspecified atom stereocenters. The number of hydrogen-bond donors (Lipinski definition) is 2. The Morgan fingerprint density at radius 2 is 2.00 bits per heavy atom. The molecule has 2 aromatic carbocycles. The largest absolute Gasteiger partial charge is 0.434 e. The Bertz CT molecular complexity index is 1340. The van der Waals surface area contributed by atoms with E-state index in [4.69, 9.17) is 15.2 Å². The number of carbonyl (C=O) groups is 1. The number of fused-ring (bicyclic) bond motifs is 1. The van der Waals surface area contributed by atoms with Crippen LogP contribution >= 0.6 is 0 Å². The van der Waals surface area contributed by atoms with E-state index in [9.17, 15) is 13.6 Å². The van der Waals surface area contributed by atoms with Crippen LogP contribution in [0.1, 0.15) is 23.3 Å². The van der Waals surface area contributed by atoms with Crippen LogP contribution in [-0.2, 0) is 4.74 Å². The SMILES string of the molecule is C.COCCNc1cc(Oc2cccc(F)c2F)nn2c(-c3ccc(C(N)=O)c(C)c3)cnc12. The van der Waals surface area contributed by atoms with Crippen molar-refractivity contribution < 1.29 is 23.0 Å². The van der Waals surface area contributed by atoms with E-state index in [-0.39, 0.29) is 19.1 Å². The molecule has 0 saturated heterocycles. The Kier molecular flexibility index (Phi) is 7.42. The number of halogens is 2. The summed E-state index contributed by atoms with van der Waals surface area (Å²) in [5.74, 6) is -2.94. The third kappa shape index (κ3) is 4.81. The first-order valence-electron chi connectivity index (χ1n) is 10.0. The van der Waals surface area contributed by atoms with Crippen molar-refractivity contribution in [2.75, 3.05) is 25.6 Å². The van der Waals surface area contributed by atoms with E-state index in [1.807, 2.05) is 0 Å². The van der Waals surface area contributed by atoms with E-state index in [0.717, 1.165) is 11.6 Å². The van der Waals surface area contributed by atoms with Crippen LogP contribution in [0.5, 0.6) is 11.6 Å². The summed E-state index contributed by atoms with van der Waals surface area (Å²) in [5.41, 5.74) is 8.90. The first-order chi connectivity index (χ1) is 15.9. The molecule has 4 rings (SSSR count). The molecule has 1 amide bonds. The highest BCUT2D eigenvalue weighted by molar-refractivity contribution is 5.94. The Morgan fingerprint density at radius 3 is 2.71 bits per heavy atom. The van der Waals surface area contributed by atoms with E-state index in [0.29, 0.717) is 41.3 Å². The van der Waals surface area contributed by atoms with Gasteiger partial charge in [0, 0.05) is 30.8 Å². The minimum Gasteiger partial charge on any atom is -0.434 e. The normalized spacial score (nSPS) is 10.7. The maximum atomic E-state index is 14.2. The number of hydrogen-bond acceptors (Lipinski definition) is 6. The topological polar surface area (TPSA) is 104 Å². The average Bonchev–Trinajstić information content (AvgIpc) is 3.21. The molecule has 0 bridgehead atoms. The van der Waals surface area contributed by atoms with Gasteiger partial charge in [0.1, 0.15) is 0 Å². The van der Waals surface area contributed by atoms with Crippen molar-refractivity contribution in [2.24, 2.45) is 5.73 Å². The summed E-state index contributed by atoms with van der Waals surface area (Å²) in [4.78, 5) is 16.0. The number of amides is 1. The average molecular weight is 469 g/mol. The zero-order valence-electron chi connectivity index (χ0n) is 17.9. The maximum absolute atomic E-state index is 14.2. The predicted molar refractivity (Wildman–Crippen MR) is 125 cm³/mol. The Balaban J connectivity index is 0.00000324.